The molecule has 0 N–H and O–H groups in total. The van der Waals surface area contributed by atoms with Crippen LogP contribution in [-0.2, 0) is 11.3 Å². The molecule has 0 bridgehead atoms. The molecule has 0 aliphatic rings. The Bertz CT molecular complexity index is 836. The average Bonchev–Trinajstić information content (AvgIpc) is 3.23. The van der Waals surface area contributed by atoms with Crippen LogP contribution < -0.4 is 4.90 Å². The third-order valence-corrected chi connectivity index (χ3v) is 4.52. The Hall–Kier alpha value is -2.34. The van der Waals surface area contributed by atoms with Crippen LogP contribution in [0.15, 0.2) is 30.9 Å². The van der Waals surface area contributed by atoms with E-state index in [1.54, 1.807) is 7.11 Å². The maximum atomic E-state index is 5.54. The second-order valence-electron chi connectivity index (χ2n) is 6.23. The summed E-state index contributed by atoms with van der Waals surface area (Å²) in [7, 11) is 3.84. The summed E-state index contributed by atoms with van der Waals surface area (Å²) in [6, 6.07) is 2.18. The van der Waals surface area contributed by atoms with E-state index in [4.69, 9.17) is 4.74 Å². The molecule has 1 atom stereocenters. The van der Waals surface area contributed by atoms with Crippen molar-refractivity contribution in [2.45, 2.75) is 47.3 Å². The summed E-state index contributed by atoms with van der Waals surface area (Å²) in [6.07, 6.45) is 8.04. The average molecular weight is 358 g/mol. The second kappa shape index (κ2) is 8.85. The standard InChI is InChI=1S/C18H25N5O.C2H6/c1-13-11-23-12-16(10-17(14(2)24-5)18(23)20-13)21(4)8-9-22-7-6-19-15(22)3;1-2/h6-7,10-12,14H,8-9H2,1-5H3;1-2H3/t14-;/m1./s1. The molecule has 0 saturated carbocycles. The number of imidazole rings is 2. The van der Waals surface area contributed by atoms with Crippen molar-refractivity contribution in [3.05, 3.63) is 47.9 Å². The van der Waals surface area contributed by atoms with Gasteiger partial charge in [-0.15, -0.1) is 0 Å². The fourth-order valence-corrected chi connectivity index (χ4v) is 2.89. The summed E-state index contributed by atoms with van der Waals surface area (Å²) in [5.74, 6) is 1.04. The number of hydrogen-bond donors (Lipinski definition) is 0. The zero-order chi connectivity index (χ0) is 19.3. The minimum absolute atomic E-state index is 0.00135. The van der Waals surface area contributed by atoms with Gasteiger partial charge in [0.1, 0.15) is 11.5 Å². The Morgan fingerprint density at radius 2 is 1.96 bits per heavy atom. The minimum Gasteiger partial charge on any atom is -0.377 e. The van der Waals surface area contributed by atoms with E-state index in [-0.39, 0.29) is 6.10 Å². The lowest BCUT2D eigenvalue weighted by molar-refractivity contribution is 0.120. The third-order valence-electron chi connectivity index (χ3n) is 4.52. The Labute approximate surface area is 156 Å². The van der Waals surface area contributed by atoms with Gasteiger partial charge < -0.3 is 18.6 Å². The molecule has 0 unspecified atom stereocenters. The molecule has 142 valence electrons. The fraction of sp³-hybridized carbons (Fsp3) is 0.500. The molecule has 0 saturated heterocycles. The molecule has 3 heterocycles. The molecule has 0 aliphatic carbocycles. The Balaban J connectivity index is 0.00000117. The number of rotatable bonds is 6. The lowest BCUT2D eigenvalue weighted by Gasteiger charge is -2.22. The Kier molecular flexibility index (Phi) is 6.80. The van der Waals surface area contributed by atoms with E-state index < -0.39 is 0 Å². The molecule has 0 amide bonds. The number of likely N-dealkylation sites (N-methyl/N-ethyl adjacent to an activating group) is 1. The van der Waals surface area contributed by atoms with Gasteiger partial charge in [-0.3, -0.25) is 0 Å². The molecule has 26 heavy (non-hydrogen) atoms. The summed E-state index contributed by atoms with van der Waals surface area (Å²) in [5.41, 5.74) is 4.23. The maximum Gasteiger partial charge on any atom is 0.142 e. The van der Waals surface area contributed by atoms with E-state index in [1.807, 2.05) is 40.1 Å². The van der Waals surface area contributed by atoms with Crippen LogP contribution in [0.25, 0.3) is 5.65 Å². The first kappa shape index (κ1) is 20.0. The number of hydrogen-bond acceptors (Lipinski definition) is 4. The van der Waals surface area contributed by atoms with Gasteiger partial charge in [-0.05, 0) is 26.8 Å². The number of aromatic nitrogens is 4. The van der Waals surface area contributed by atoms with Crippen molar-refractivity contribution in [2.24, 2.45) is 0 Å². The normalized spacial score (nSPS) is 12.0. The van der Waals surface area contributed by atoms with Crippen molar-refractivity contribution in [2.75, 3.05) is 25.6 Å². The lowest BCUT2D eigenvalue weighted by Crippen LogP contribution is -2.23. The first-order valence-corrected chi connectivity index (χ1v) is 9.20. The van der Waals surface area contributed by atoms with Gasteiger partial charge in [0, 0.05) is 57.6 Å². The van der Waals surface area contributed by atoms with Crippen molar-refractivity contribution >= 4 is 11.3 Å². The first-order chi connectivity index (χ1) is 12.5. The minimum atomic E-state index is -0.00135. The molecule has 6 nitrogen and oxygen atoms in total. The summed E-state index contributed by atoms with van der Waals surface area (Å²) < 4.78 is 9.79. The van der Waals surface area contributed by atoms with Gasteiger partial charge in [-0.1, -0.05) is 13.8 Å². The number of ether oxygens (including phenoxy) is 1. The number of anilines is 1. The summed E-state index contributed by atoms with van der Waals surface area (Å²) in [4.78, 5) is 11.2. The molecule has 0 aromatic carbocycles. The number of aryl methyl sites for hydroxylation is 2. The molecule has 3 aromatic rings. The van der Waals surface area contributed by atoms with Crippen LogP contribution in [0.5, 0.6) is 0 Å². The summed E-state index contributed by atoms with van der Waals surface area (Å²) >= 11 is 0. The van der Waals surface area contributed by atoms with E-state index in [9.17, 15) is 0 Å². The monoisotopic (exact) mass is 357 g/mol. The van der Waals surface area contributed by atoms with Crippen molar-refractivity contribution < 1.29 is 4.74 Å². The third kappa shape index (κ3) is 4.25. The van der Waals surface area contributed by atoms with E-state index in [0.717, 1.165) is 41.5 Å². The van der Waals surface area contributed by atoms with Crippen molar-refractivity contribution in [1.29, 1.82) is 0 Å². The smallest absolute Gasteiger partial charge is 0.142 e. The highest BCUT2D eigenvalue weighted by Crippen LogP contribution is 2.26. The predicted octanol–water partition coefficient (Wildman–Crippen LogP) is 4.02. The summed E-state index contributed by atoms with van der Waals surface area (Å²) in [5, 5.41) is 0. The topological polar surface area (TPSA) is 47.6 Å². The van der Waals surface area contributed by atoms with Crippen LogP contribution in [0.2, 0.25) is 0 Å². The molecular formula is C20H31N5O. The Morgan fingerprint density at radius 1 is 1.23 bits per heavy atom. The van der Waals surface area contributed by atoms with Crippen molar-refractivity contribution in [3.63, 3.8) is 0 Å². The lowest BCUT2D eigenvalue weighted by atomic mass is 10.1. The van der Waals surface area contributed by atoms with Crippen LogP contribution in [0.1, 0.15) is 44.0 Å². The van der Waals surface area contributed by atoms with Gasteiger partial charge in [0.2, 0.25) is 0 Å². The van der Waals surface area contributed by atoms with E-state index in [1.165, 1.54) is 0 Å². The van der Waals surface area contributed by atoms with Crippen LogP contribution in [0.4, 0.5) is 5.69 Å². The van der Waals surface area contributed by atoms with Crippen molar-refractivity contribution in [3.8, 4) is 0 Å². The van der Waals surface area contributed by atoms with E-state index >= 15 is 0 Å². The molecule has 0 aliphatic heterocycles. The molecular weight excluding hydrogens is 326 g/mol. The number of methoxy groups -OCH3 is 1. The van der Waals surface area contributed by atoms with E-state index in [0.29, 0.717) is 0 Å². The van der Waals surface area contributed by atoms with Crippen molar-refractivity contribution in [1.82, 2.24) is 18.9 Å². The number of pyridine rings is 1. The van der Waals surface area contributed by atoms with Gasteiger partial charge in [0.25, 0.3) is 0 Å². The SMILES string of the molecule is CC.CO[C@H](C)c1cc(N(C)CCn2ccnc2C)cn2cc(C)nc12. The van der Waals surface area contributed by atoms with Gasteiger partial charge in [-0.2, -0.15) is 0 Å². The second-order valence-corrected chi connectivity index (χ2v) is 6.23. The van der Waals surface area contributed by atoms with Crippen LogP contribution in [0.3, 0.4) is 0 Å². The largest absolute Gasteiger partial charge is 0.377 e. The Morgan fingerprint density at radius 3 is 2.58 bits per heavy atom. The fourth-order valence-electron chi connectivity index (χ4n) is 2.89. The maximum absolute atomic E-state index is 5.54. The zero-order valence-corrected chi connectivity index (χ0v) is 17.0. The van der Waals surface area contributed by atoms with Gasteiger partial charge in [0.15, 0.2) is 0 Å². The molecule has 0 fully saturated rings. The van der Waals surface area contributed by atoms with Crippen LogP contribution >= 0.6 is 0 Å². The van der Waals surface area contributed by atoms with E-state index in [2.05, 4.69) is 56.3 Å². The van der Waals surface area contributed by atoms with Gasteiger partial charge >= 0.3 is 0 Å². The van der Waals surface area contributed by atoms with Gasteiger partial charge in [-0.25, -0.2) is 9.97 Å². The van der Waals surface area contributed by atoms with Crippen LogP contribution in [0, 0.1) is 13.8 Å². The van der Waals surface area contributed by atoms with Gasteiger partial charge in [0.05, 0.1) is 17.5 Å². The molecule has 0 radical (unpaired) electrons. The molecule has 3 rings (SSSR count). The highest BCUT2D eigenvalue weighted by molar-refractivity contribution is 5.59. The zero-order valence-electron chi connectivity index (χ0n) is 17.0. The quantitative estimate of drug-likeness (QED) is 0.668. The number of fused-ring (bicyclic) bond motifs is 1. The molecule has 3 aromatic heterocycles. The highest BCUT2D eigenvalue weighted by Gasteiger charge is 2.15. The highest BCUT2D eigenvalue weighted by atomic mass is 16.5. The van der Waals surface area contributed by atoms with Crippen LogP contribution in [-0.4, -0.2) is 39.6 Å². The first-order valence-electron chi connectivity index (χ1n) is 9.20. The molecule has 6 heteroatoms. The predicted molar refractivity (Wildman–Crippen MR) is 107 cm³/mol. The molecule has 0 spiro atoms. The summed E-state index contributed by atoms with van der Waals surface area (Å²) in [6.45, 7) is 11.9. The number of nitrogens with zero attached hydrogens (tertiary/aromatic N) is 5.